The van der Waals surface area contributed by atoms with Gasteiger partial charge in [-0.3, -0.25) is 9.59 Å². The summed E-state index contributed by atoms with van der Waals surface area (Å²) in [6.07, 6.45) is -0.200. The van der Waals surface area contributed by atoms with Crippen molar-refractivity contribution >= 4 is 45.3 Å². The summed E-state index contributed by atoms with van der Waals surface area (Å²) >= 11 is 8.99. The number of nitrogens with two attached hydrogens (primary N) is 1. The van der Waals surface area contributed by atoms with E-state index in [1.54, 1.807) is 6.07 Å². The van der Waals surface area contributed by atoms with Crippen LogP contribution in [0.3, 0.4) is 0 Å². The molecule has 0 aliphatic rings. The van der Waals surface area contributed by atoms with Gasteiger partial charge in [0.25, 0.3) is 5.91 Å². The topological polar surface area (TPSA) is 109 Å². The van der Waals surface area contributed by atoms with Gasteiger partial charge in [-0.15, -0.1) is 0 Å². The molecule has 0 spiro atoms. The zero-order valence-electron chi connectivity index (χ0n) is 10.2. The Hall–Kier alpha value is -1.60. The van der Waals surface area contributed by atoms with Crippen LogP contribution in [-0.2, 0) is 9.59 Å². The average Bonchev–Trinajstić information content (AvgIpc) is 2.32. The third-order valence-corrected chi connectivity index (χ3v) is 3.08. The Morgan fingerprint density at radius 1 is 1.35 bits per heavy atom. The largest absolute Gasteiger partial charge is 0.480 e. The van der Waals surface area contributed by atoms with Gasteiger partial charge in [-0.05, 0) is 24.6 Å². The molecule has 0 radical (unpaired) electrons. The van der Waals surface area contributed by atoms with Gasteiger partial charge in [-0.25, -0.2) is 4.79 Å². The lowest BCUT2D eigenvalue weighted by atomic mass is 10.1. The van der Waals surface area contributed by atoms with E-state index in [9.17, 15) is 14.4 Å². The molecule has 1 rings (SSSR count). The minimum Gasteiger partial charge on any atom is -0.480 e. The van der Waals surface area contributed by atoms with Crippen LogP contribution < -0.4 is 11.1 Å². The number of nitrogens with one attached hydrogen (secondary N) is 1. The fourth-order valence-corrected chi connectivity index (χ4v) is 2.33. The van der Waals surface area contributed by atoms with Crippen LogP contribution in [-0.4, -0.2) is 28.9 Å². The summed E-state index contributed by atoms with van der Waals surface area (Å²) < 4.78 is 0.596. The van der Waals surface area contributed by atoms with E-state index in [1.807, 2.05) is 0 Å². The lowest BCUT2D eigenvalue weighted by Crippen LogP contribution is -2.41. The zero-order valence-corrected chi connectivity index (χ0v) is 12.6. The highest BCUT2D eigenvalue weighted by Gasteiger charge is 2.21. The lowest BCUT2D eigenvalue weighted by molar-refractivity contribution is -0.139. The first kappa shape index (κ1) is 16.5. The van der Waals surface area contributed by atoms with Gasteiger partial charge in [0.15, 0.2) is 0 Å². The number of rotatable bonds is 6. The first-order valence-electron chi connectivity index (χ1n) is 5.57. The fourth-order valence-electron chi connectivity index (χ4n) is 1.47. The maximum atomic E-state index is 11.9. The number of halogens is 2. The third-order valence-electron chi connectivity index (χ3n) is 2.41. The number of carboxylic acid groups (broad SMARTS) is 1. The minimum absolute atomic E-state index is 0.0713. The Labute approximate surface area is 128 Å². The highest BCUT2D eigenvalue weighted by molar-refractivity contribution is 9.10. The summed E-state index contributed by atoms with van der Waals surface area (Å²) in [4.78, 5) is 33.6. The van der Waals surface area contributed by atoms with E-state index < -0.39 is 23.8 Å². The second kappa shape index (κ2) is 7.25. The summed E-state index contributed by atoms with van der Waals surface area (Å²) in [6, 6.07) is 3.33. The van der Waals surface area contributed by atoms with Crippen molar-refractivity contribution in [2.75, 3.05) is 0 Å². The van der Waals surface area contributed by atoms with Crippen molar-refractivity contribution < 1.29 is 19.5 Å². The number of hydrogen-bond donors (Lipinski definition) is 3. The number of carbonyl (C=O) groups excluding carboxylic acids is 2. The van der Waals surface area contributed by atoms with Crippen molar-refractivity contribution in [1.82, 2.24) is 5.32 Å². The maximum absolute atomic E-state index is 11.9. The summed E-state index contributed by atoms with van der Waals surface area (Å²) in [5.74, 6) is -2.46. The van der Waals surface area contributed by atoms with Crippen LogP contribution in [0.4, 0.5) is 0 Å². The Bertz CT molecular complexity index is 530. The predicted octanol–water partition coefficient (Wildman–Crippen LogP) is 1.55. The van der Waals surface area contributed by atoms with E-state index in [-0.39, 0.29) is 18.4 Å². The SMILES string of the molecule is NC(=O)CC[C@@H](NC(=O)c1cc(Cl)cc(Br)c1)C(=O)O. The van der Waals surface area contributed by atoms with Crippen molar-refractivity contribution in [3.05, 3.63) is 33.3 Å². The van der Waals surface area contributed by atoms with Crippen LogP contribution in [0, 0.1) is 0 Å². The molecule has 2 amide bonds. The molecule has 6 nitrogen and oxygen atoms in total. The van der Waals surface area contributed by atoms with E-state index >= 15 is 0 Å². The molecule has 0 unspecified atom stereocenters. The van der Waals surface area contributed by atoms with Gasteiger partial charge in [0.2, 0.25) is 5.91 Å². The van der Waals surface area contributed by atoms with Crippen molar-refractivity contribution in [3.63, 3.8) is 0 Å². The number of carbonyl (C=O) groups is 3. The Morgan fingerprint density at radius 2 is 2.00 bits per heavy atom. The first-order chi connectivity index (χ1) is 9.29. The van der Waals surface area contributed by atoms with Gasteiger partial charge in [0.1, 0.15) is 6.04 Å². The van der Waals surface area contributed by atoms with E-state index in [2.05, 4.69) is 21.2 Å². The van der Waals surface area contributed by atoms with Crippen LogP contribution in [0.15, 0.2) is 22.7 Å². The highest BCUT2D eigenvalue weighted by Crippen LogP contribution is 2.19. The molecule has 0 saturated carbocycles. The smallest absolute Gasteiger partial charge is 0.326 e. The Balaban J connectivity index is 2.79. The molecule has 20 heavy (non-hydrogen) atoms. The van der Waals surface area contributed by atoms with Gasteiger partial charge in [-0.1, -0.05) is 27.5 Å². The van der Waals surface area contributed by atoms with Crippen LogP contribution in [0.25, 0.3) is 0 Å². The number of amides is 2. The highest BCUT2D eigenvalue weighted by atomic mass is 79.9. The van der Waals surface area contributed by atoms with Gasteiger partial charge in [0.05, 0.1) is 0 Å². The van der Waals surface area contributed by atoms with E-state index in [1.165, 1.54) is 12.1 Å². The molecule has 0 heterocycles. The van der Waals surface area contributed by atoms with Crippen LogP contribution >= 0.6 is 27.5 Å². The zero-order chi connectivity index (χ0) is 15.3. The van der Waals surface area contributed by atoms with Crippen molar-refractivity contribution in [3.8, 4) is 0 Å². The molecule has 0 aliphatic heterocycles. The quantitative estimate of drug-likeness (QED) is 0.712. The number of primary amides is 1. The molecule has 0 fully saturated rings. The summed E-state index contributed by atoms with van der Waals surface area (Å²) in [5.41, 5.74) is 5.17. The summed E-state index contributed by atoms with van der Waals surface area (Å²) in [5, 5.41) is 11.6. The van der Waals surface area contributed by atoms with Crippen LogP contribution in [0.1, 0.15) is 23.2 Å². The van der Waals surface area contributed by atoms with Crippen molar-refractivity contribution in [2.24, 2.45) is 5.73 Å². The standard InChI is InChI=1S/C12H12BrClN2O4/c13-7-3-6(4-8(14)5-7)11(18)16-9(12(19)20)1-2-10(15)17/h3-5,9H,1-2H2,(H2,15,17)(H,16,18)(H,19,20)/t9-/m1/s1. The van der Waals surface area contributed by atoms with Crippen LogP contribution in [0.5, 0.6) is 0 Å². The first-order valence-corrected chi connectivity index (χ1v) is 6.74. The molecule has 1 aromatic carbocycles. The lowest BCUT2D eigenvalue weighted by Gasteiger charge is -2.14. The molecule has 0 saturated heterocycles. The number of carboxylic acids is 1. The Morgan fingerprint density at radius 3 is 2.50 bits per heavy atom. The van der Waals surface area contributed by atoms with Gasteiger partial charge < -0.3 is 16.2 Å². The van der Waals surface area contributed by atoms with E-state index in [0.717, 1.165) is 0 Å². The number of benzene rings is 1. The maximum Gasteiger partial charge on any atom is 0.326 e. The number of aliphatic carboxylic acids is 1. The minimum atomic E-state index is -1.24. The van der Waals surface area contributed by atoms with Gasteiger partial charge in [-0.2, -0.15) is 0 Å². The molecule has 0 bridgehead atoms. The van der Waals surface area contributed by atoms with Gasteiger partial charge >= 0.3 is 5.97 Å². The van der Waals surface area contributed by atoms with Gasteiger partial charge in [0, 0.05) is 21.5 Å². The van der Waals surface area contributed by atoms with E-state index in [4.69, 9.17) is 22.4 Å². The fraction of sp³-hybridized carbons (Fsp3) is 0.250. The monoisotopic (exact) mass is 362 g/mol. The summed E-state index contributed by atoms with van der Waals surface area (Å²) in [6.45, 7) is 0. The normalized spacial score (nSPS) is 11.7. The van der Waals surface area contributed by atoms with E-state index in [0.29, 0.717) is 9.50 Å². The molecular formula is C12H12BrClN2O4. The average molecular weight is 364 g/mol. The second-order valence-electron chi connectivity index (χ2n) is 4.03. The van der Waals surface area contributed by atoms with Crippen molar-refractivity contribution in [2.45, 2.75) is 18.9 Å². The van der Waals surface area contributed by atoms with Crippen molar-refractivity contribution in [1.29, 1.82) is 0 Å². The molecular weight excluding hydrogens is 351 g/mol. The van der Waals surface area contributed by atoms with Crippen LogP contribution in [0.2, 0.25) is 5.02 Å². The Kier molecular flexibility index (Phi) is 5.97. The number of hydrogen-bond acceptors (Lipinski definition) is 3. The molecule has 108 valence electrons. The molecule has 0 aliphatic carbocycles. The second-order valence-corrected chi connectivity index (χ2v) is 5.38. The molecule has 1 atom stereocenters. The summed E-state index contributed by atoms with van der Waals surface area (Å²) in [7, 11) is 0. The molecule has 4 N–H and O–H groups in total. The molecule has 1 aromatic rings. The predicted molar refractivity (Wildman–Crippen MR) is 76.5 cm³/mol. The molecule has 8 heteroatoms. The molecule has 0 aromatic heterocycles. The third kappa shape index (κ3) is 5.18.